The van der Waals surface area contributed by atoms with Crippen molar-refractivity contribution >= 4 is 0 Å². The Balaban J connectivity index is 2.05. The molecule has 0 spiro atoms. The molecule has 0 amide bonds. The van der Waals surface area contributed by atoms with E-state index in [1.165, 1.54) is 0 Å². The molecule has 1 aromatic heterocycles. The van der Waals surface area contributed by atoms with Gasteiger partial charge in [0.05, 0.1) is 6.04 Å². The van der Waals surface area contributed by atoms with Gasteiger partial charge in [-0.3, -0.25) is 0 Å². The van der Waals surface area contributed by atoms with Gasteiger partial charge in [0.15, 0.2) is 0 Å². The number of rotatable bonds is 5. The lowest BCUT2D eigenvalue weighted by Crippen LogP contribution is -2.22. The number of methoxy groups -OCH3 is 1. The maximum absolute atomic E-state index is 5.92. The van der Waals surface area contributed by atoms with Crippen LogP contribution in [-0.2, 0) is 15.1 Å². The highest BCUT2D eigenvalue weighted by Crippen LogP contribution is 2.34. The first-order valence-corrected chi connectivity index (χ1v) is 5.88. The molecule has 6 nitrogen and oxygen atoms in total. The van der Waals surface area contributed by atoms with Crippen molar-refractivity contribution in [2.45, 2.75) is 37.8 Å². The summed E-state index contributed by atoms with van der Waals surface area (Å²) in [7, 11) is 1.64. The molecule has 0 radical (unpaired) electrons. The van der Waals surface area contributed by atoms with E-state index in [4.69, 9.17) is 19.7 Å². The van der Waals surface area contributed by atoms with E-state index in [2.05, 4.69) is 10.1 Å². The second-order valence-electron chi connectivity index (χ2n) is 4.53. The topological polar surface area (TPSA) is 83.4 Å². The molecule has 0 aliphatic carbocycles. The number of nitrogens with two attached hydrogens (primary N) is 1. The zero-order valence-corrected chi connectivity index (χ0v) is 10.3. The molecule has 1 aliphatic heterocycles. The molecule has 2 atom stereocenters. The first kappa shape index (κ1) is 12.5. The minimum absolute atomic E-state index is 0.277. The minimum Gasteiger partial charge on any atom is -0.385 e. The second-order valence-corrected chi connectivity index (χ2v) is 4.53. The second kappa shape index (κ2) is 5.12. The average molecular weight is 241 g/mol. The van der Waals surface area contributed by atoms with Crippen molar-refractivity contribution in [2.75, 3.05) is 20.3 Å². The van der Waals surface area contributed by atoms with E-state index in [0.29, 0.717) is 24.7 Å². The minimum atomic E-state index is -0.414. The fourth-order valence-corrected chi connectivity index (χ4v) is 1.92. The van der Waals surface area contributed by atoms with Crippen LogP contribution in [0.4, 0.5) is 0 Å². The summed E-state index contributed by atoms with van der Waals surface area (Å²) in [6.07, 6.45) is 2.60. The number of aromatic nitrogens is 2. The molecule has 0 aromatic carbocycles. The van der Waals surface area contributed by atoms with Gasteiger partial charge in [-0.15, -0.1) is 0 Å². The van der Waals surface area contributed by atoms with Gasteiger partial charge < -0.3 is 19.7 Å². The zero-order chi connectivity index (χ0) is 12.3. The fourth-order valence-electron chi connectivity index (χ4n) is 1.92. The molecule has 0 saturated carbocycles. The van der Waals surface area contributed by atoms with Crippen LogP contribution in [0.2, 0.25) is 0 Å². The molecule has 2 heterocycles. The van der Waals surface area contributed by atoms with Crippen LogP contribution in [-0.4, -0.2) is 30.5 Å². The summed E-state index contributed by atoms with van der Waals surface area (Å²) in [5, 5.41) is 3.97. The molecular weight excluding hydrogens is 222 g/mol. The van der Waals surface area contributed by atoms with Crippen LogP contribution >= 0.6 is 0 Å². The van der Waals surface area contributed by atoms with Gasteiger partial charge >= 0.3 is 0 Å². The van der Waals surface area contributed by atoms with Crippen LogP contribution in [0.25, 0.3) is 0 Å². The highest BCUT2D eigenvalue weighted by atomic mass is 16.5. The summed E-state index contributed by atoms with van der Waals surface area (Å²) < 4.78 is 15.8. The molecule has 2 unspecified atom stereocenters. The van der Waals surface area contributed by atoms with Gasteiger partial charge in [0.2, 0.25) is 11.7 Å². The van der Waals surface area contributed by atoms with Crippen molar-refractivity contribution < 1.29 is 14.0 Å². The van der Waals surface area contributed by atoms with E-state index < -0.39 is 5.60 Å². The van der Waals surface area contributed by atoms with Crippen molar-refractivity contribution in [1.82, 2.24) is 10.1 Å². The molecule has 1 fully saturated rings. The van der Waals surface area contributed by atoms with Gasteiger partial charge in [0.1, 0.15) is 5.60 Å². The molecule has 2 N–H and O–H groups in total. The maximum atomic E-state index is 5.92. The van der Waals surface area contributed by atoms with Crippen molar-refractivity contribution in [3.63, 3.8) is 0 Å². The van der Waals surface area contributed by atoms with Gasteiger partial charge in [-0.05, 0) is 26.2 Å². The number of hydrogen-bond acceptors (Lipinski definition) is 6. The third kappa shape index (κ3) is 2.65. The third-order valence-corrected chi connectivity index (χ3v) is 3.08. The summed E-state index contributed by atoms with van der Waals surface area (Å²) in [6.45, 7) is 3.30. The van der Waals surface area contributed by atoms with Gasteiger partial charge in [0.25, 0.3) is 0 Å². The van der Waals surface area contributed by atoms with Crippen LogP contribution in [0.15, 0.2) is 4.52 Å². The number of nitrogens with zero attached hydrogens (tertiary/aromatic N) is 2. The summed E-state index contributed by atoms with van der Waals surface area (Å²) in [4.78, 5) is 4.33. The van der Waals surface area contributed by atoms with Gasteiger partial charge in [-0.1, -0.05) is 5.16 Å². The van der Waals surface area contributed by atoms with E-state index in [9.17, 15) is 0 Å². The van der Waals surface area contributed by atoms with Crippen LogP contribution in [0.1, 0.15) is 43.9 Å². The molecule has 17 heavy (non-hydrogen) atoms. The smallest absolute Gasteiger partial charge is 0.243 e. The van der Waals surface area contributed by atoms with E-state index >= 15 is 0 Å². The molecule has 0 bridgehead atoms. The predicted molar refractivity (Wildman–Crippen MR) is 60.3 cm³/mol. The summed E-state index contributed by atoms with van der Waals surface area (Å²) in [5.74, 6) is 1.05. The first-order chi connectivity index (χ1) is 8.15. The Hall–Kier alpha value is -0.980. The quantitative estimate of drug-likeness (QED) is 0.832. The Bertz CT molecular complexity index is 361. The van der Waals surface area contributed by atoms with Crippen LogP contribution in [0, 0.1) is 0 Å². The Morgan fingerprint density at radius 3 is 3.06 bits per heavy atom. The van der Waals surface area contributed by atoms with Crippen molar-refractivity contribution in [3.8, 4) is 0 Å². The van der Waals surface area contributed by atoms with Crippen molar-refractivity contribution in [3.05, 3.63) is 11.7 Å². The van der Waals surface area contributed by atoms with Crippen LogP contribution in [0.5, 0.6) is 0 Å². The Kier molecular flexibility index (Phi) is 3.76. The van der Waals surface area contributed by atoms with E-state index in [-0.39, 0.29) is 6.04 Å². The molecular formula is C11H19N3O3. The van der Waals surface area contributed by atoms with E-state index in [0.717, 1.165) is 19.4 Å². The number of ether oxygens (including phenoxy) is 2. The highest BCUT2D eigenvalue weighted by Gasteiger charge is 2.37. The Morgan fingerprint density at radius 1 is 1.59 bits per heavy atom. The highest BCUT2D eigenvalue weighted by molar-refractivity contribution is 5.03. The van der Waals surface area contributed by atoms with Crippen molar-refractivity contribution in [1.29, 1.82) is 0 Å². The predicted octanol–water partition coefficient (Wildman–Crippen LogP) is 1.13. The SMILES string of the molecule is COCCC(N)c1nc(C2(C)CCCO2)no1. The molecule has 1 saturated heterocycles. The maximum Gasteiger partial charge on any atom is 0.243 e. The summed E-state index contributed by atoms with van der Waals surface area (Å²) >= 11 is 0. The van der Waals surface area contributed by atoms with Gasteiger partial charge in [-0.2, -0.15) is 4.98 Å². The fraction of sp³-hybridized carbons (Fsp3) is 0.818. The molecule has 96 valence electrons. The molecule has 1 aromatic rings. The van der Waals surface area contributed by atoms with Gasteiger partial charge in [-0.25, -0.2) is 0 Å². The summed E-state index contributed by atoms with van der Waals surface area (Å²) in [5.41, 5.74) is 5.51. The van der Waals surface area contributed by atoms with E-state index in [1.54, 1.807) is 7.11 Å². The summed E-state index contributed by atoms with van der Waals surface area (Å²) in [6, 6.07) is -0.277. The zero-order valence-electron chi connectivity index (χ0n) is 10.3. The van der Waals surface area contributed by atoms with Gasteiger partial charge in [0, 0.05) is 20.3 Å². The van der Waals surface area contributed by atoms with Crippen LogP contribution < -0.4 is 5.73 Å². The third-order valence-electron chi connectivity index (χ3n) is 3.08. The Labute approximate surface area is 100 Å². The normalized spacial score (nSPS) is 26.3. The lowest BCUT2D eigenvalue weighted by atomic mass is 10.0. The standard InChI is InChI=1S/C11H19N3O3/c1-11(5-3-6-16-11)10-13-9(17-14-10)8(12)4-7-15-2/h8H,3-7,12H2,1-2H3. The first-order valence-electron chi connectivity index (χ1n) is 5.88. The van der Waals surface area contributed by atoms with E-state index in [1.807, 2.05) is 6.92 Å². The molecule has 6 heteroatoms. The Morgan fingerprint density at radius 2 is 2.41 bits per heavy atom. The average Bonchev–Trinajstić information content (AvgIpc) is 2.95. The monoisotopic (exact) mass is 241 g/mol. The lowest BCUT2D eigenvalue weighted by Gasteiger charge is -2.17. The largest absolute Gasteiger partial charge is 0.385 e. The lowest BCUT2D eigenvalue weighted by molar-refractivity contribution is 0.00768. The number of hydrogen-bond donors (Lipinski definition) is 1. The molecule has 2 rings (SSSR count). The molecule has 1 aliphatic rings. The van der Waals surface area contributed by atoms with Crippen LogP contribution in [0.3, 0.4) is 0 Å². The van der Waals surface area contributed by atoms with Crippen molar-refractivity contribution in [2.24, 2.45) is 5.73 Å².